The van der Waals surface area contributed by atoms with Crippen LogP contribution < -0.4 is 10.1 Å². The van der Waals surface area contributed by atoms with Crippen LogP contribution in [0.25, 0.3) is 0 Å². The molecule has 1 aromatic carbocycles. The highest BCUT2D eigenvalue weighted by molar-refractivity contribution is 7.99. The Balaban J connectivity index is 1.26. The van der Waals surface area contributed by atoms with Crippen LogP contribution >= 0.6 is 11.8 Å². The summed E-state index contributed by atoms with van der Waals surface area (Å²) in [5.41, 5.74) is 3.52. The molecule has 0 bridgehead atoms. The predicted octanol–water partition coefficient (Wildman–Crippen LogP) is 4.19. The summed E-state index contributed by atoms with van der Waals surface area (Å²) in [5.74, 6) is 2.19. The van der Waals surface area contributed by atoms with Crippen LogP contribution in [0.4, 0.5) is 0 Å². The fourth-order valence-electron chi connectivity index (χ4n) is 3.58. The van der Waals surface area contributed by atoms with E-state index in [4.69, 9.17) is 4.74 Å². The molecule has 1 aromatic heterocycles. The number of carbonyl (C=O) groups is 1. The number of hydrogen-bond acceptors (Lipinski definition) is 5. The molecule has 0 atom stereocenters. The average molecular weight is 428 g/mol. The van der Waals surface area contributed by atoms with Gasteiger partial charge < -0.3 is 10.1 Å². The number of likely N-dealkylation sites (tertiary alicyclic amines) is 1. The van der Waals surface area contributed by atoms with Gasteiger partial charge in [0, 0.05) is 25.0 Å². The van der Waals surface area contributed by atoms with Crippen molar-refractivity contribution in [1.82, 2.24) is 15.2 Å². The number of nitrogens with one attached hydrogen (secondary N) is 1. The third kappa shape index (κ3) is 8.36. The van der Waals surface area contributed by atoms with E-state index in [-0.39, 0.29) is 5.91 Å². The topological polar surface area (TPSA) is 54.5 Å². The summed E-state index contributed by atoms with van der Waals surface area (Å²) < 4.78 is 5.88. The van der Waals surface area contributed by atoms with Gasteiger partial charge in [0.15, 0.2) is 0 Å². The molecule has 3 rings (SSSR count). The zero-order chi connectivity index (χ0) is 21.0. The Kier molecular flexibility index (Phi) is 9.51. The Hall–Kier alpha value is -2.05. The van der Waals surface area contributed by atoms with Gasteiger partial charge in [0.05, 0.1) is 18.1 Å². The van der Waals surface area contributed by atoms with Gasteiger partial charge in [-0.05, 0) is 74.7 Å². The van der Waals surface area contributed by atoms with Crippen LogP contribution in [-0.4, -0.2) is 47.8 Å². The standard InChI is InChI=1S/C24H33N3O2S/c1-20-9-11-25-22(15-20)18-30-19-24(28)26-10-6-14-29-23-8-5-7-21(16-23)17-27-12-3-2-4-13-27/h5,7-9,11,15-16H,2-4,6,10,12-14,17-19H2,1H3,(H,26,28). The number of aryl methyl sites for hydroxylation is 1. The van der Waals surface area contributed by atoms with Gasteiger partial charge >= 0.3 is 0 Å². The third-order valence-electron chi connectivity index (χ3n) is 5.12. The SMILES string of the molecule is Cc1ccnc(CSCC(=O)NCCCOc2cccc(CN3CCCCC3)c2)c1. The average Bonchev–Trinajstić information content (AvgIpc) is 2.75. The number of thioether (sulfide) groups is 1. The summed E-state index contributed by atoms with van der Waals surface area (Å²) in [7, 11) is 0. The van der Waals surface area contributed by atoms with Gasteiger partial charge in [0.2, 0.25) is 5.91 Å². The molecule has 1 aliphatic rings. The summed E-state index contributed by atoms with van der Waals surface area (Å²) in [5, 5.41) is 2.97. The van der Waals surface area contributed by atoms with Crippen molar-refractivity contribution >= 4 is 17.7 Å². The molecule has 5 nitrogen and oxygen atoms in total. The number of benzene rings is 1. The summed E-state index contributed by atoms with van der Waals surface area (Å²) in [6, 6.07) is 12.4. The van der Waals surface area contributed by atoms with Crippen molar-refractivity contribution < 1.29 is 9.53 Å². The Bertz CT molecular complexity index is 794. The van der Waals surface area contributed by atoms with E-state index in [0.29, 0.717) is 18.9 Å². The second kappa shape index (κ2) is 12.6. The third-order valence-corrected chi connectivity index (χ3v) is 6.09. The largest absolute Gasteiger partial charge is 0.494 e. The second-order valence-electron chi connectivity index (χ2n) is 7.85. The lowest BCUT2D eigenvalue weighted by Gasteiger charge is -2.26. The minimum Gasteiger partial charge on any atom is -0.494 e. The number of hydrogen-bond donors (Lipinski definition) is 1. The molecule has 30 heavy (non-hydrogen) atoms. The van der Waals surface area contributed by atoms with Crippen LogP contribution in [0.1, 0.15) is 42.5 Å². The van der Waals surface area contributed by atoms with Crippen LogP contribution in [0.5, 0.6) is 5.75 Å². The predicted molar refractivity (Wildman–Crippen MR) is 124 cm³/mol. The first-order valence-electron chi connectivity index (χ1n) is 10.9. The summed E-state index contributed by atoms with van der Waals surface area (Å²) in [4.78, 5) is 18.8. The molecule has 0 unspecified atom stereocenters. The summed E-state index contributed by atoms with van der Waals surface area (Å²) in [6.45, 7) is 6.69. The van der Waals surface area contributed by atoms with E-state index in [2.05, 4.69) is 46.4 Å². The zero-order valence-electron chi connectivity index (χ0n) is 17.9. The molecule has 1 N–H and O–H groups in total. The monoisotopic (exact) mass is 427 g/mol. The Morgan fingerprint density at radius 3 is 2.90 bits per heavy atom. The van der Waals surface area contributed by atoms with Crippen molar-refractivity contribution in [2.24, 2.45) is 0 Å². The number of nitrogens with zero attached hydrogens (tertiary/aromatic N) is 2. The first kappa shape index (κ1) is 22.6. The van der Waals surface area contributed by atoms with Gasteiger partial charge in [0.25, 0.3) is 0 Å². The molecule has 1 fully saturated rings. The van der Waals surface area contributed by atoms with E-state index < -0.39 is 0 Å². The number of rotatable bonds is 11. The second-order valence-corrected chi connectivity index (χ2v) is 8.84. The lowest BCUT2D eigenvalue weighted by Crippen LogP contribution is -2.29. The van der Waals surface area contributed by atoms with Crippen LogP contribution in [0.15, 0.2) is 42.6 Å². The van der Waals surface area contributed by atoms with Gasteiger partial charge in [0.1, 0.15) is 5.75 Å². The van der Waals surface area contributed by atoms with Crippen molar-refractivity contribution in [3.05, 3.63) is 59.4 Å². The van der Waals surface area contributed by atoms with Crippen molar-refractivity contribution in [1.29, 1.82) is 0 Å². The molecule has 1 amide bonds. The fraction of sp³-hybridized carbons (Fsp3) is 0.500. The zero-order valence-corrected chi connectivity index (χ0v) is 18.8. The molecular formula is C24H33N3O2S. The minimum absolute atomic E-state index is 0.0659. The highest BCUT2D eigenvalue weighted by atomic mass is 32.2. The number of ether oxygens (including phenoxy) is 1. The molecule has 0 aliphatic carbocycles. The molecule has 0 spiro atoms. The Labute approximate surface area is 184 Å². The van der Waals surface area contributed by atoms with Gasteiger partial charge in [-0.1, -0.05) is 18.6 Å². The molecule has 0 saturated carbocycles. The van der Waals surface area contributed by atoms with Gasteiger partial charge in [-0.2, -0.15) is 0 Å². The maximum Gasteiger partial charge on any atom is 0.230 e. The number of amides is 1. The summed E-state index contributed by atoms with van der Waals surface area (Å²) >= 11 is 1.59. The highest BCUT2D eigenvalue weighted by Gasteiger charge is 2.10. The molecule has 2 heterocycles. The molecule has 0 radical (unpaired) electrons. The maximum atomic E-state index is 12.0. The quantitative estimate of drug-likeness (QED) is 0.545. The number of aromatic nitrogens is 1. The van der Waals surface area contributed by atoms with Crippen LogP contribution in [-0.2, 0) is 17.1 Å². The van der Waals surface area contributed by atoms with Crippen molar-refractivity contribution in [3.63, 3.8) is 0 Å². The molecule has 6 heteroatoms. The van der Waals surface area contributed by atoms with E-state index in [9.17, 15) is 4.79 Å². The number of carbonyl (C=O) groups excluding carboxylic acids is 1. The number of piperidine rings is 1. The van der Waals surface area contributed by atoms with Crippen molar-refractivity contribution in [3.8, 4) is 5.75 Å². The van der Waals surface area contributed by atoms with Crippen LogP contribution in [0, 0.1) is 6.92 Å². The Morgan fingerprint density at radius 1 is 1.20 bits per heavy atom. The van der Waals surface area contributed by atoms with Crippen LogP contribution in [0.3, 0.4) is 0 Å². The van der Waals surface area contributed by atoms with E-state index in [1.165, 1.54) is 43.5 Å². The van der Waals surface area contributed by atoms with E-state index in [1.54, 1.807) is 11.8 Å². The van der Waals surface area contributed by atoms with Gasteiger partial charge in [-0.15, -0.1) is 11.8 Å². The number of pyridine rings is 1. The first-order chi connectivity index (χ1) is 14.7. The Morgan fingerprint density at radius 2 is 2.07 bits per heavy atom. The normalized spacial score (nSPS) is 14.4. The smallest absolute Gasteiger partial charge is 0.230 e. The highest BCUT2D eigenvalue weighted by Crippen LogP contribution is 2.17. The maximum absolute atomic E-state index is 12.0. The van der Waals surface area contributed by atoms with Crippen molar-refractivity contribution in [2.45, 2.75) is 44.9 Å². The lowest BCUT2D eigenvalue weighted by molar-refractivity contribution is -0.118. The molecular weight excluding hydrogens is 394 g/mol. The van der Waals surface area contributed by atoms with Gasteiger partial charge in [-0.25, -0.2) is 0 Å². The minimum atomic E-state index is 0.0659. The summed E-state index contributed by atoms with van der Waals surface area (Å²) in [6.07, 6.45) is 6.59. The molecule has 1 saturated heterocycles. The van der Waals surface area contributed by atoms with E-state index in [0.717, 1.165) is 30.2 Å². The molecule has 162 valence electrons. The molecule has 1 aliphatic heterocycles. The lowest BCUT2D eigenvalue weighted by atomic mass is 10.1. The fourth-order valence-corrected chi connectivity index (χ4v) is 4.33. The van der Waals surface area contributed by atoms with Crippen LogP contribution in [0.2, 0.25) is 0 Å². The first-order valence-corrected chi connectivity index (χ1v) is 12.0. The molecule has 2 aromatic rings. The van der Waals surface area contributed by atoms with E-state index >= 15 is 0 Å². The van der Waals surface area contributed by atoms with Gasteiger partial charge in [-0.3, -0.25) is 14.7 Å². The van der Waals surface area contributed by atoms with Crippen molar-refractivity contribution in [2.75, 3.05) is 32.0 Å². The van der Waals surface area contributed by atoms with E-state index in [1.807, 2.05) is 18.3 Å².